The number of aryl methyl sites for hydroxylation is 1. The summed E-state index contributed by atoms with van der Waals surface area (Å²) in [4.78, 5) is 22.6. The third-order valence-corrected chi connectivity index (χ3v) is 11.3. The smallest absolute Gasteiger partial charge is 0.238 e. The monoisotopic (exact) mass is 674 g/mol. The van der Waals surface area contributed by atoms with Crippen LogP contribution in [0.25, 0.3) is 5.52 Å². The first-order valence-corrected chi connectivity index (χ1v) is 18.0. The summed E-state index contributed by atoms with van der Waals surface area (Å²) in [7, 11) is -3.31. The summed E-state index contributed by atoms with van der Waals surface area (Å²) >= 11 is 1.39. The number of rotatable bonds is 12. The molecule has 2 atom stereocenters. The minimum atomic E-state index is -3.31. The Morgan fingerprint density at radius 1 is 1.13 bits per heavy atom. The molecule has 2 aromatic carbocycles. The molecule has 4 heterocycles. The summed E-state index contributed by atoms with van der Waals surface area (Å²) < 4.78 is 27.4. The molecule has 47 heavy (non-hydrogen) atoms. The summed E-state index contributed by atoms with van der Waals surface area (Å²) in [6.07, 6.45) is 2.21. The van der Waals surface area contributed by atoms with Gasteiger partial charge in [-0.3, -0.25) is 19.7 Å². The van der Waals surface area contributed by atoms with E-state index in [2.05, 4.69) is 15.5 Å². The molecule has 1 aliphatic heterocycles. The van der Waals surface area contributed by atoms with Crippen molar-refractivity contribution in [2.24, 2.45) is 5.92 Å². The molecule has 3 aromatic heterocycles. The Kier molecular flexibility index (Phi) is 9.64. The van der Waals surface area contributed by atoms with E-state index in [0.29, 0.717) is 28.9 Å². The topological polar surface area (TPSA) is 149 Å². The Labute approximate surface area is 278 Å². The lowest BCUT2D eigenvalue weighted by atomic mass is 10.2. The van der Waals surface area contributed by atoms with Crippen molar-refractivity contribution in [2.75, 3.05) is 35.7 Å². The second-order valence-corrected chi connectivity index (χ2v) is 15.5. The van der Waals surface area contributed by atoms with Crippen molar-refractivity contribution in [3.8, 4) is 0 Å². The number of benzene rings is 2. The van der Waals surface area contributed by atoms with Gasteiger partial charge in [-0.15, -0.1) is 5.10 Å². The van der Waals surface area contributed by atoms with Crippen LogP contribution in [0.1, 0.15) is 26.0 Å². The van der Waals surface area contributed by atoms with E-state index in [0.717, 1.165) is 21.8 Å². The zero-order valence-corrected chi connectivity index (χ0v) is 28.1. The number of nitrogens with zero attached hydrogens (tertiary/aromatic N) is 6. The van der Waals surface area contributed by atoms with Gasteiger partial charge in [0.05, 0.1) is 24.2 Å². The summed E-state index contributed by atoms with van der Waals surface area (Å²) in [5.41, 5.74) is 3.26. The van der Waals surface area contributed by atoms with Gasteiger partial charge in [0.1, 0.15) is 5.52 Å². The predicted molar refractivity (Wildman–Crippen MR) is 183 cm³/mol. The minimum Gasteiger partial charge on any atom is -0.395 e. The molecule has 1 saturated heterocycles. The second-order valence-electron chi connectivity index (χ2n) is 12.2. The molecule has 6 rings (SSSR count). The molecule has 3 N–H and O–H groups in total. The van der Waals surface area contributed by atoms with Gasteiger partial charge in [-0.05, 0) is 79.6 Å². The van der Waals surface area contributed by atoms with Crippen LogP contribution in [0.3, 0.4) is 0 Å². The highest BCUT2D eigenvalue weighted by Crippen LogP contribution is 2.37. The van der Waals surface area contributed by atoms with Crippen LogP contribution in [0.15, 0.2) is 89.0 Å². The van der Waals surface area contributed by atoms with Crippen LogP contribution in [0, 0.1) is 12.8 Å². The average Bonchev–Trinajstić information content (AvgIpc) is 3.78. The Morgan fingerprint density at radius 2 is 1.89 bits per heavy atom. The zero-order valence-electron chi connectivity index (χ0n) is 26.4. The third kappa shape index (κ3) is 7.51. The van der Waals surface area contributed by atoms with Gasteiger partial charge in [-0.1, -0.05) is 32.0 Å². The van der Waals surface area contributed by atoms with Crippen LogP contribution in [-0.2, 0) is 14.6 Å². The fraction of sp³-hybridized carbons (Fsp3) is 0.333. The highest BCUT2D eigenvalue weighted by molar-refractivity contribution is 7.99. The van der Waals surface area contributed by atoms with Gasteiger partial charge in [-0.25, -0.2) is 17.9 Å². The molecule has 0 saturated carbocycles. The molecule has 0 radical (unpaired) electrons. The van der Waals surface area contributed by atoms with E-state index in [-0.39, 0.29) is 43.3 Å². The maximum Gasteiger partial charge on any atom is 0.238 e. The molecule has 2 unspecified atom stereocenters. The first-order valence-electron chi connectivity index (χ1n) is 15.5. The van der Waals surface area contributed by atoms with Gasteiger partial charge < -0.3 is 10.4 Å². The van der Waals surface area contributed by atoms with Crippen molar-refractivity contribution in [2.45, 2.75) is 48.5 Å². The van der Waals surface area contributed by atoms with Gasteiger partial charge in [0, 0.05) is 46.8 Å². The molecule has 5 aromatic rings. The van der Waals surface area contributed by atoms with Crippen molar-refractivity contribution >= 4 is 56.0 Å². The number of hydrogen-bond acceptors (Lipinski definition) is 10. The zero-order chi connectivity index (χ0) is 33.1. The lowest BCUT2D eigenvalue weighted by molar-refractivity contribution is -0.117. The minimum absolute atomic E-state index is 0.00360. The summed E-state index contributed by atoms with van der Waals surface area (Å²) in [6.45, 7) is 5.73. The van der Waals surface area contributed by atoms with Gasteiger partial charge in [-0.2, -0.15) is 5.10 Å². The largest absolute Gasteiger partial charge is 0.395 e. The fourth-order valence-electron chi connectivity index (χ4n) is 5.84. The number of aliphatic hydroxyl groups excluding tert-OH is 1. The van der Waals surface area contributed by atoms with Crippen LogP contribution in [0.4, 0.5) is 23.0 Å². The fourth-order valence-corrected chi connectivity index (χ4v) is 8.72. The number of sulfone groups is 1. The quantitative estimate of drug-likeness (QED) is 0.168. The van der Waals surface area contributed by atoms with Crippen LogP contribution in [-0.4, -0.2) is 85.9 Å². The van der Waals surface area contributed by atoms with Crippen LogP contribution < -0.4 is 10.2 Å². The number of aromatic nitrogens is 5. The maximum atomic E-state index is 13.0. The Hall–Kier alpha value is -4.24. The number of carbonyl (C=O) groups is 1. The highest BCUT2D eigenvalue weighted by Gasteiger charge is 2.39. The third-order valence-electron chi connectivity index (χ3n) is 7.97. The van der Waals surface area contributed by atoms with E-state index < -0.39 is 15.1 Å². The summed E-state index contributed by atoms with van der Waals surface area (Å²) in [5, 5.41) is 25.0. The van der Waals surface area contributed by atoms with Crippen LogP contribution in [0.2, 0.25) is 0 Å². The lowest BCUT2D eigenvalue weighted by Gasteiger charge is -2.22. The summed E-state index contributed by atoms with van der Waals surface area (Å²) in [6, 6.07) is 22.8. The highest BCUT2D eigenvalue weighted by atomic mass is 32.2. The molecule has 0 aliphatic carbocycles. The molecule has 0 bridgehead atoms. The van der Waals surface area contributed by atoms with Crippen molar-refractivity contribution in [1.82, 2.24) is 29.7 Å². The molecule has 246 valence electrons. The van der Waals surface area contributed by atoms with Crippen molar-refractivity contribution < 1.29 is 18.3 Å². The number of hydrogen-bond donors (Lipinski definition) is 3. The Balaban J connectivity index is 1.16. The number of carbonyl (C=O) groups excluding carboxylic acids is 1. The number of fused-ring (bicyclic) bond motifs is 1. The van der Waals surface area contributed by atoms with E-state index >= 15 is 0 Å². The first kappa shape index (κ1) is 32.7. The number of aliphatic hydroxyl groups is 1. The average molecular weight is 675 g/mol. The Morgan fingerprint density at radius 3 is 2.57 bits per heavy atom. The maximum absolute atomic E-state index is 13.0. The number of para-hydroxylation sites is 1. The number of likely N-dealkylation sites (tertiary alicyclic amines) is 1. The van der Waals surface area contributed by atoms with Gasteiger partial charge in [0.2, 0.25) is 11.1 Å². The van der Waals surface area contributed by atoms with Gasteiger partial charge in [0.25, 0.3) is 0 Å². The van der Waals surface area contributed by atoms with E-state index in [1.165, 1.54) is 11.8 Å². The molecule has 1 aliphatic rings. The normalized spacial score (nSPS) is 17.0. The van der Waals surface area contributed by atoms with Crippen molar-refractivity contribution in [1.29, 1.82) is 0 Å². The molecule has 12 nitrogen and oxygen atoms in total. The van der Waals surface area contributed by atoms with E-state index in [9.17, 15) is 18.3 Å². The van der Waals surface area contributed by atoms with E-state index in [1.807, 2.05) is 105 Å². The molecule has 1 amide bonds. The predicted octanol–water partition coefficient (Wildman–Crippen LogP) is 4.83. The standard InChI is InChI=1S/C33H38N8O4S2/c1-22(2)21-47(44,45)28-17-26(20-42)39(18-28)19-31(43)34-24-11-13-27(14-12-24)46-33-35-32(29-10-7-15-40(29)38-33)41(25-8-5-4-6-9-25)30-16-23(3)36-37-30/h4-16,22,26,28,42H,17-21H2,1-3H3,(H,34,43)(H,36,37). The molecule has 14 heteroatoms. The molecule has 1 fully saturated rings. The van der Waals surface area contributed by atoms with E-state index in [1.54, 1.807) is 9.42 Å². The lowest BCUT2D eigenvalue weighted by Crippen LogP contribution is -2.39. The van der Waals surface area contributed by atoms with Crippen LogP contribution >= 0.6 is 11.8 Å². The van der Waals surface area contributed by atoms with E-state index in [4.69, 9.17) is 10.1 Å². The van der Waals surface area contributed by atoms with Gasteiger partial charge >= 0.3 is 0 Å². The second kappa shape index (κ2) is 13.9. The number of nitrogens with one attached hydrogen (secondary N) is 2. The number of aromatic amines is 1. The van der Waals surface area contributed by atoms with Gasteiger partial charge in [0.15, 0.2) is 21.5 Å². The van der Waals surface area contributed by atoms with Crippen LogP contribution in [0.5, 0.6) is 0 Å². The molecular formula is C33H38N8O4S2. The number of amides is 1. The Bertz CT molecular complexity index is 1940. The SMILES string of the molecule is Cc1cc(N(c2ccccc2)c2nc(Sc3ccc(NC(=O)CN4CC(S(=O)(=O)CC(C)C)CC4CO)cc3)nn3cccc23)n[nH]1. The summed E-state index contributed by atoms with van der Waals surface area (Å²) in [5.74, 6) is 1.23. The first-order chi connectivity index (χ1) is 22.6. The molecular weight excluding hydrogens is 637 g/mol. The molecule has 0 spiro atoms. The number of anilines is 4. The number of H-pyrrole nitrogens is 1. The van der Waals surface area contributed by atoms with Crippen molar-refractivity contribution in [3.63, 3.8) is 0 Å². The van der Waals surface area contributed by atoms with Crippen molar-refractivity contribution in [3.05, 3.63) is 84.7 Å².